The molecule has 0 aromatic carbocycles. The van der Waals surface area contributed by atoms with Crippen LogP contribution in [0.5, 0.6) is 0 Å². The molecule has 0 bridgehead atoms. The normalized spacial score (nSPS) is 33.6. The van der Waals surface area contributed by atoms with E-state index in [-0.39, 0.29) is 6.73 Å². The molecule has 2 unspecified atom stereocenters. The van der Waals surface area contributed by atoms with Crippen LogP contribution in [0, 0.1) is 0 Å². The van der Waals surface area contributed by atoms with Gasteiger partial charge in [0.05, 0.1) is 13.1 Å². The van der Waals surface area contributed by atoms with Crippen molar-refractivity contribution in [3.63, 3.8) is 0 Å². The molecule has 16 heavy (non-hydrogen) atoms. The molecule has 1 aliphatic heterocycles. The third-order valence-electron chi connectivity index (χ3n) is 3.74. The van der Waals surface area contributed by atoms with Crippen LogP contribution in [0.3, 0.4) is 0 Å². The molecule has 3 nitrogen and oxygen atoms in total. The predicted molar refractivity (Wildman–Crippen MR) is 73.4 cm³/mol. The van der Waals surface area contributed by atoms with Gasteiger partial charge in [0, 0.05) is 18.6 Å². The highest BCUT2D eigenvalue weighted by Crippen LogP contribution is 2.24. The van der Waals surface area contributed by atoms with Crippen LogP contribution in [0.25, 0.3) is 0 Å². The zero-order chi connectivity index (χ0) is 11.9. The Morgan fingerprint density at radius 1 is 1.25 bits per heavy atom. The average Bonchev–Trinajstić information content (AvgIpc) is 2.29. The van der Waals surface area contributed by atoms with E-state index in [2.05, 4.69) is 12.6 Å². The van der Waals surface area contributed by atoms with Crippen LogP contribution in [0.2, 0.25) is 5.54 Å². The molecule has 0 radical (unpaired) electrons. The van der Waals surface area contributed by atoms with E-state index in [1.165, 1.54) is 25.7 Å². The molecule has 0 spiro atoms. The molecule has 2 atom stereocenters. The fraction of sp³-hybridized carbons (Fsp3) is 1.00. The van der Waals surface area contributed by atoms with Crippen LogP contribution in [-0.4, -0.2) is 56.2 Å². The first-order valence-electron chi connectivity index (χ1n) is 6.44. The molecule has 96 valence electrons. The molecule has 0 aromatic heterocycles. The summed E-state index contributed by atoms with van der Waals surface area (Å²) in [6, 6.07) is 0. The van der Waals surface area contributed by atoms with Crippen molar-refractivity contribution in [3.05, 3.63) is 0 Å². The molecule has 0 aliphatic carbocycles. The van der Waals surface area contributed by atoms with Crippen LogP contribution < -0.4 is 0 Å². The maximum atomic E-state index is 9.70. The highest BCUT2D eigenvalue weighted by Gasteiger charge is 2.31. The van der Waals surface area contributed by atoms with Gasteiger partial charge < -0.3 is 14.4 Å². The summed E-state index contributed by atoms with van der Waals surface area (Å²) in [6.45, 7) is 2.78. The summed E-state index contributed by atoms with van der Waals surface area (Å²) in [6.07, 6.45) is 6.00. The summed E-state index contributed by atoms with van der Waals surface area (Å²) in [5, 5.41) is 19.1. The molecule has 1 heterocycles. The molecular weight excluding hydrogens is 238 g/mol. The van der Waals surface area contributed by atoms with Gasteiger partial charge in [-0.25, -0.2) is 0 Å². The van der Waals surface area contributed by atoms with E-state index in [1.807, 2.05) is 0 Å². The third-order valence-corrected chi connectivity index (χ3v) is 6.85. The monoisotopic (exact) mass is 264 g/mol. The molecule has 2 N–H and O–H groups in total. The first-order valence-corrected chi connectivity index (χ1v) is 8.52. The second kappa shape index (κ2) is 7.71. The largest absolute Gasteiger partial charge is 0.396 e. The number of aliphatic hydroxyl groups is 2. The lowest BCUT2D eigenvalue weighted by atomic mass is 10.1. The Kier molecular flexibility index (Phi) is 6.99. The Hall–Kier alpha value is 0.447. The van der Waals surface area contributed by atoms with Crippen molar-refractivity contribution in [1.29, 1.82) is 0 Å². The molecule has 0 amide bonds. The van der Waals surface area contributed by atoms with Gasteiger partial charge in [0.15, 0.2) is 6.73 Å². The van der Waals surface area contributed by atoms with Gasteiger partial charge in [-0.15, -0.1) is 0 Å². The second-order valence-electron chi connectivity index (χ2n) is 5.09. The predicted octanol–water partition coefficient (Wildman–Crippen LogP) is 0.511. The summed E-state index contributed by atoms with van der Waals surface area (Å²) in [5.74, 6) is 0.901. The van der Waals surface area contributed by atoms with Crippen LogP contribution in [0.1, 0.15) is 32.1 Å². The van der Waals surface area contributed by atoms with Crippen molar-refractivity contribution >= 4 is 22.3 Å². The fourth-order valence-electron chi connectivity index (χ4n) is 2.74. The second-order valence-corrected chi connectivity index (χ2v) is 8.40. The van der Waals surface area contributed by atoms with Crippen LogP contribution in [0.4, 0.5) is 0 Å². The lowest BCUT2D eigenvalue weighted by Crippen LogP contribution is -2.55. The third kappa shape index (κ3) is 4.37. The van der Waals surface area contributed by atoms with E-state index in [4.69, 9.17) is 0 Å². The SMILES string of the molecule is OCC1CCCCC[N+](CO)(CCCS)[SiH2]1. The standard InChI is InChI=1S/C11H25NO2SSi/c13-9-11-5-2-1-3-6-12(10-14,16-11)7-4-8-15/h11,13-14H,1-10,16H2/p+1. The molecule has 1 saturated heterocycles. The van der Waals surface area contributed by atoms with E-state index in [9.17, 15) is 10.2 Å². The highest BCUT2D eigenvalue weighted by atomic mass is 32.1. The number of hydrogen-bond donors (Lipinski definition) is 3. The Morgan fingerprint density at radius 2 is 2.06 bits per heavy atom. The van der Waals surface area contributed by atoms with E-state index in [0.717, 1.165) is 29.4 Å². The number of quaternary nitrogens is 1. The van der Waals surface area contributed by atoms with Crippen molar-refractivity contribution in [2.75, 3.05) is 32.2 Å². The van der Waals surface area contributed by atoms with E-state index in [1.54, 1.807) is 0 Å². The molecule has 1 fully saturated rings. The summed E-state index contributed by atoms with van der Waals surface area (Å²) in [5.41, 5.74) is 0.507. The fourth-order valence-corrected chi connectivity index (χ4v) is 5.50. The number of thiol groups is 1. The van der Waals surface area contributed by atoms with E-state index in [0.29, 0.717) is 12.1 Å². The topological polar surface area (TPSA) is 40.5 Å². The zero-order valence-electron chi connectivity index (χ0n) is 10.1. The Morgan fingerprint density at radius 3 is 2.69 bits per heavy atom. The van der Waals surface area contributed by atoms with Crippen molar-refractivity contribution in [1.82, 2.24) is 0 Å². The van der Waals surface area contributed by atoms with Gasteiger partial charge in [0.25, 0.3) is 9.68 Å². The zero-order valence-corrected chi connectivity index (χ0v) is 12.5. The van der Waals surface area contributed by atoms with Gasteiger partial charge in [-0.2, -0.15) is 12.6 Å². The maximum absolute atomic E-state index is 9.70. The Bertz CT molecular complexity index is 193. The van der Waals surface area contributed by atoms with Gasteiger partial charge in [0.1, 0.15) is 0 Å². The van der Waals surface area contributed by atoms with Gasteiger partial charge in [-0.3, -0.25) is 0 Å². The van der Waals surface area contributed by atoms with Crippen molar-refractivity contribution < 1.29 is 14.4 Å². The Labute approximate surface area is 107 Å². The molecule has 0 aromatic rings. The van der Waals surface area contributed by atoms with E-state index < -0.39 is 9.68 Å². The van der Waals surface area contributed by atoms with Gasteiger partial charge in [-0.05, 0) is 25.0 Å². The summed E-state index contributed by atoms with van der Waals surface area (Å²) >= 11 is 4.26. The average molecular weight is 264 g/mol. The number of hydrogen-bond acceptors (Lipinski definition) is 3. The van der Waals surface area contributed by atoms with Crippen molar-refractivity contribution in [2.45, 2.75) is 37.6 Å². The van der Waals surface area contributed by atoms with Crippen molar-refractivity contribution in [2.24, 2.45) is 0 Å². The van der Waals surface area contributed by atoms with Crippen molar-refractivity contribution in [3.8, 4) is 0 Å². The Balaban J connectivity index is 2.60. The molecule has 1 aliphatic rings. The van der Waals surface area contributed by atoms with Gasteiger partial charge in [-0.1, -0.05) is 6.42 Å². The summed E-state index contributed by atoms with van der Waals surface area (Å²) in [4.78, 5) is 0. The van der Waals surface area contributed by atoms with Gasteiger partial charge in [0.2, 0.25) is 0 Å². The highest BCUT2D eigenvalue weighted by molar-refractivity contribution is 7.80. The molecule has 5 heteroatoms. The first-order chi connectivity index (χ1) is 7.76. The number of rotatable bonds is 5. The van der Waals surface area contributed by atoms with Gasteiger partial charge >= 0.3 is 0 Å². The number of aliphatic hydroxyl groups excluding tert-OH is 2. The van der Waals surface area contributed by atoms with E-state index >= 15 is 0 Å². The molecule has 0 saturated carbocycles. The van der Waals surface area contributed by atoms with Crippen LogP contribution in [-0.2, 0) is 0 Å². The molecule has 1 rings (SSSR count). The molecular formula is C11H26NO2SSi+. The minimum absolute atomic E-state index is 0.274. The van der Waals surface area contributed by atoms with Crippen LogP contribution >= 0.6 is 12.6 Å². The quantitative estimate of drug-likeness (QED) is 0.500. The summed E-state index contributed by atoms with van der Waals surface area (Å²) in [7, 11) is -0.444. The minimum Gasteiger partial charge on any atom is -0.396 e. The van der Waals surface area contributed by atoms with Crippen LogP contribution in [0.15, 0.2) is 0 Å². The lowest BCUT2D eigenvalue weighted by molar-refractivity contribution is -0.844. The minimum atomic E-state index is -0.444. The number of nitrogens with zero attached hydrogens (tertiary/aromatic N) is 1. The lowest BCUT2D eigenvalue weighted by Gasteiger charge is -2.41. The first kappa shape index (κ1) is 14.5. The summed E-state index contributed by atoms with van der Waals surface area (Å²) < 4.78 is 0.909. The smallest absolute Gasteiger partial charge is 0.262 e. The maximum Gasteiger partial charge on any atom is 0.262 e.